The van der Waals surface area contributed by atoms with Crippen molar-refractivity contribution in [1.82, 2.24) is 29.8 Å². The van der Waals surface area contributed by atoms with E-state index in [1.54, 1.807) is 11.9 Å². The van der Waals surface area contributed by atoms with Crippen LogP contribution in [-0.2, 0) is 13.5 Å². The number of carbonyl (C=O) groups excluding carboxylic acids is 2. The first-order valence-corrected chi connectivity index (χ1v) is 9.33. The van der Waals surface area contributed by atoms with Gasteiger partial charge >= 0.3 is 0 Å². The van der Waals surface area contributed by atoms with Crippen LogP contribution in [-0.4, -0.2) is 55.9 Å². The highest BCUT2D eigenvalue weighted by molar-refractivity contribution is 6.06. The van der Waals surface area contributed by atoms with Crippen molar-refractivity contribution in [2.45, 2.75) is 12.8 Å². The number of nitrogens with zero attached hydrogens (tertiary/aromatic N) is 5. The zero-order chi connectivity index (χ0) is 19.5. The van der Waals surface area contributed by atoms with Crippen molar-refractivity contribution in [3.63, 3.8) is 0 Å². The largest absolute Gasteiger partial charge is 0.350 e. The number of carbonyl (C=O) groups is 2. The average Bonchev–Trinajstić information content (AvgIpc) is 3.28. The maximum Gasteiger partial charge on any atom is 0.270 e. The third kappa shape index (κ3) is 3.53. The van der Waals surface area contributed by atoms with Gasteiger partial charge in [-0.25, -0.2) is 4.68 Å². The summed E-state index contributed by atoms with van der Waals surface area (Å²) in [4.78, 5) is 26.8. The number of nitrogens with one attached hydrogen (secondary N) is 1. The van der Waals surface area contributed by atoms with E-state index in [-0.39, 0.29) is 11.8 Å². The SMILES string of the molecule is Cn1ncc(C(=O)N2CCC2)c1C(=O)NCCc1ccn(-c2ccccc2)n1. The number of aromatic nitrogens is 4. The zero-order valence-electron chi connectivity index (χ0n) is 15.7. The van der Waals surface area contributed by atoms with Gasteiger partial charge in [-0.1, -0.05) is 18.2 Å². The first kappa shape index (κ1) is 18.0. The molecule has 0 spiro atoms. The molecule has 1 saturated heterocycles. The Kier molecular flexibility index (Phi) is 4.92. The van der Waals surface area contributed by atoms with E-state index < -0.39 is 0 Å². The van der Waals surface area contributed by atoms with Crippen LogP contribution < -0.4 is 5.32 Å². The molecule has 1 fully saturated rings. The van der Waals surface area contributed by atoms with E-state index in [1.165, 1.54) is 10.9 Å². The molecule has 1 aromatic carbocycles. The van der Waals surface area contributed by atoms with Gasteiger partial charge in [0.2, 0.25) is 0 Å². The molecule has 2 aromatic heterocycles. The number of benzene rings is 1. The molecule has 0 atom stereocenters. The molecule has 28 heavy (non-hydrogen) atoms. The number of hydrogen-bond acceptors (Lipinski definition) is 4. The molecule has 144 valence electrons. The van der Waals surface area contributed by atoms with Gasteiger partial charge in [0.1, 0.15) is 5.69 Å². The molecule has 2 amide bonds. The van der Waals surface area contributed by atoms with E-state index in [0.717, 1.165) is 30.9 Å². The normalized spacial score (nSPS) is 13.2. The Morgan fingerprint density at radius 1 is 1.14 bits per heavy atom. The summed E-state index contributed by atoms with van der Waals surface area (Å²) in [7, 11) is 1.67. The average molecular weight is 378 g/mol. The second-order valence-corrected chi connectivity index (χ2v) is 6.77. The van der Waals surface area contributed by atoms with E-state index in [4.69, 9.17) is 0 Å². The van der Waals surface area contributed by atoms with E-state index in [2.05, 4.69) is 15.5 Å². The molecule has 1 aliphatic rings. The minimum atomic E-state index is -0.300. The predicted molar refractivity (Wildman–Crippen MR) is 103 cm³/mol. The fourth-order valence-electron chi connectivity index (χ4n) is 3.16. The number of likely N-dealkylation sites (tertiary alicyclic amines) is 1. The molecule has 0 bridgehead atoms. The smallest absolute Gasteiger partial charge is 0.270 e. The fourth-order valence-corrected chi connectivity index (χ4v) is 3.16. The zero-order valence-corrected chi connectivity index (χ0v) is 15.7. The second-order valence-electron chi connectivity index (χ2n) is 6.77. The third-order valence-electron chi connectivity index (χ3n) is 4.86. The van der Waals surface area contributed by atoms with Crippen LogP contribution in [0.25, 0.3) is 5.69 Å². The number of hydrogen-bond donors (Lipinski definition) is 1. The van der Waals surface area contributed by atoms with Crippen LogP contribution in [0.15, 0.2) is 48.8 Å². The Labute approximate surface area is 162 Å². The van der Waals surface area contributed by atoms with Crippen LogP contribution >= 0.6 is 0 Å². The van der Waals surface area contributed by atoms with Gasteiger partial charge in [0.05, 0.1) is 23.1 Å². The topological polar surface area (TPSA) is 85.0 Å². The molecule has 0 radical (unpaired) electrons. The summed E-state index contributed by atoms with van der Waals surface area (Å²) in [6.45, 7) is 1.89. The number of para-hydroxylation sites is 1. The van der Waals surface area contributed by atoms with Gasteiger partial charge in [0, 0.05) is 39.3 Å². The highest BCUT2D eigenvalue weighted by Crippen LogP contribution is 2.16. The van der Waals surface area contributed by atoms with Crippen molar-refractivity contribution in [2.75, 3.05) is 19.6 Å². The lowest BCUT2D eigenvalue weighted by Gasteiger charge is -2.30. The monoisotopic (exact) mass is 378 g/mol. The number of rotatable bonds is 6. The predicted octanol–water partition coefficient (Wildman–Crippen LogP) is 1.42. The molecule has 0 aliphatic carbocycles. The highest BCUT2D eigenvalue weighted by atomic mass is 16.2. The second kappa shape index (κ2) is 7.67. The Hall–Kier alpha value is -3.42. The van der Waals surface area contributed by atoms with E-state index in [9.17, 15) is 9.59 Å². The summed E-state index contributed by atoms with van der Waals surface area (Å²) in [5.74, 6) is -0.433. The minimum absolute atomic E-state index is 0.133. The van der Waals surface area contributed by atoms with Gasteiger partial charge in [-0.2, -0.15) is 10.2 Å². The van der Waals surface area contributed by atoms with Crippen molar-refractivity contribution in [1.29, 1.82) is 0 Å². The first-order chi connectivity index (χ1) is 13.6. The maximum atomic E-state index is 12.6. The third-order valence-corrected chi connectivity index (χ3v) is 4.86. The highest BCUT2D eigenvalue weighted by Gasteiger charge is 2.28. The van der Waals surface area contributed by atoms with E-state index in [0.29, 0.717) is 24.2 Å². The van der Waals surface area contributed by atoms with Crippen LogP contribution in [0.3, 0.4) is 0 Å². The van der Waals surface area contributed by atoms with Gasteiger partial charge in [0.15, 0.2) is 0 Å². The number of aryl methyl sites for hydroxylation is 1. The quantitative estimate of drug-likeness (QED) is 0.703. The lowest BCUT2D eigenvalue weighted by atomic mass is 10.1. The molecule has 3 aromatic rings. The summed E-state index contributed by atoms with van der Waals surface area (Å²) < 4.78 is 3.26. The van der Waals surface area contributed by atoms with Crippen molar-refractivity contribution >= 4 is 11.8 Å². The van der Waals surface area contributed by atoms with Crippen molar-refractivity contribution < 1.29 is 9.59 Å². The Morgan fingerprint density at radius 2 is 1.93 bits per heavy atom. The van der Waals surface area contributed by atoms with Crippen LogP contribution in [0.5, 0.6) is 0 Å². The van der Waals surface area contributed by atoms with Crippen molar-refractivity contribution in [3.05, 3.63) is 65.7 Å². The Morgan fingerprint density at radius 3 is 2.64 bits per heavy atom. The molecule has 8 heteroatoms. The van der Waals surface area contributed by atoms with E-state index >= 15 is 0 Å². The lowest BCUT2D eigenvalue weighted by Crippen LogP contribution is -2.43. The van der Waals surface area contributed by atoms with Gasteiger partial charge in [-0.15, -0.1) is 0 Å². The summed E-state index contributed by atoms with van der Waals surface area (Å²) in [5, 5.41) is 11.5. The molecule has 0 saturated carbocycles. The molecular formula is C20H22N6O2. The Balaban J connectivity index is 1.37. The summed E-state index contributed by atoms with van der Waals surface area (Å²) in [6.07, 6.45) is 4.97. The molecule has 3 heterocycles. The van der Waals surface area contributed by atoms with Gasteiger partial charge < -0.3 is 10.2 Å². The molecule has 8 nitrogen and oxygen atoms in total. The molecular weight excluding hydrogens is 356 g/mol. The van der Waals surface area contributed by atoms with Crippen LogP contribution in [0.2, 0.25) is 0 Å². The molecule has 1 N–H and O–H groups in total. The van der Waals surface area contributed by atoms with Gasteiger partial charge in [0.25, 0.3) is 11.8 Å². The molecule has 4 rings (SSSR count). The van der Waals surface area contributed by atoms with Gasteiger partial charge in [-0.3, -0.25) is 14.3 Å². The van der Waals surface area contributed by atoms with Crippen molar-refractivity contribution in [3.8, 4) is 5.69 Å². The summed E-state index contributed by atoms with van der Waals surface area (Å²) in [6, 6.07) is 11.8. The minimum Gasteiger partial charge on any atom is -0.350 e. The van der Waals surface area contributed by atoms with Crippen LogP contribution in [0.4, 0.5) is 0 Å². The lowest BCUT2D eigenvalue weighted by molar-refractivity contribution is 0.0647. The summed E-state index contributed by atoms with van der Waals surface area (Å²) >= 11 is 0. The first-order valence-electron chi connectivity index (χ1n) is 9.33. The standard InChI is InChI=1S/C20H22N6O2/c1-24-18(17(14-22-24)20(28)25-11-5-12-25)19(27)21-10-8-15-9-13-26(23-15)16-6-3-2-4-7-16/h2-4,6-7,9,13-14H,5,8,10-12H2,1H3,(H,21,27). The summed E-state index contributed by atoms with van der Waals surface area (Å²) in [5.41, 5.74) is 2.52. The molecule has 1 aliphatic heterocycles. The van der Waals surface area contributed by atoms with Crippen LogP contribution in [0, 0.1) is 0 Å². The Bertz CT molecular complexity index is 987. The van der Waals surface area contributed by atoms with Crippen LogP contribution in [0.1, 0.15) is 33.0 Å². The maximum absolute atomic E-state index is 12.6. The van der Waals surface area contributed by atoms with E-state index in [1.807, 2.05) is 47.3 Å². The van der Waals surface area contributed by atoms with Crippen molar-refractivity contribution in [2.24, 2.45) is 7.05 Å². The van der Waals surface area contributed by atoms with Gasteiger partial charge in [-0.05, 0) is 24.6 Å². The fraction of sp³-hybridized carbons (Fsp3) is 0.300. The number of amides is 2. The molecule has 0 unspecified atom stereocenters.